The lowest BCUT2D eigenvalue weighted by Gasteiger charge is -2.23. The van der Waals surface area contributed by atoms with Gasteiger partial charge in [-0.05, 0) is 51.5 Å². The van der Waals surface area contributed by atoms with E-state index < -0.39 is 0 Å². The average Bonchev–Trinajstić information content (AvgIpc) is 2.98. The van der Waals surface area contributed by atoms with Gasteiger partial charge < -0.3 is 15.8 Å². The Morgan fingerprint density at radius 3 is 2.93 bits per heavy atom. The minimum absolute atomic E-state index is 0.0870. The summed E-state index contributed by atoms with van der Waals surface area (Å²) in [4.78, 5) is 0. The molecule has 3 nitrogen and oxygen atoms in total. The van der Waals surface area contributed by atoms with Gasteiger partial charge in [-0.2, -0.15) is 0 Å². The Morgan fingerprint density at radius 2 is 2.33 bits per heavy atom. The lowest BCUT2D eigenvalue weighted by molar-refractivity contribution is 0.0209. The molecule has 1 saturated carbocycles. The molecule has 2 atom stereocenters. The van der Waals surface area contributed by atoms with Crippen molar-refractivity contribution in [3.05, 3.63) is 0 Å². The van der Waals surface area contributed by atoms with Gasteiger partial charge in [0.2, 0.25) is 0 Å². The van der Waals surface area contributed by atoms with E-state index in [9.17, 15) is 0 Å². The van der Waals surface area contributed by atoms with Crippen molar-refractivity contribution in [2.45, 2.75) is 50.7 Å². The van der Waals surface area contributed by atoms with Crippen LogP contribution < -0.4 is 11.1 Å². The first-order chi connectivity index (χ1) is 7.20. The number of ether oxygens (including phenoxy) is 1. The second-order valence-corrected chi connectivity index (χ2v) is 5.37. The van der Waals surface area contributed by atoms with Crippen LogP contribution in [0.4, 0.5) is 0 Å². The average molecular weight is 212 g/mol. The zero-order chi connectivity index (χ0) is 10.7. The van der Waals surface area contributed by atoms with Crippen molar-refractivity contribution >= 4 is 0 Å². The maximum atomic E-state index is 6.03. The van der Waals surface area contributed by atoms with Crippen LogP contribution in [0.2, 0.25) is 0 Å². The highest BCUT2D eigenvalue weighted by atomic mass is 16.5. The summed E-state index contributed by atoms with van der Waals surface area (Å²) in [6.45, 7) is 5.15. The van der Waals surface area contributed by atoms with Gasteiger partial charge in [-0.3, -0.25) is 0 Å². The summed E-state index contributed by atoms with van der Waals surface area (Å²) in [6, 6.07) is 0.426. The molecule has 0 aromatic heterocycles. The van der Waals surface area contributed by atoms with E-state index in [0.717, 1.165) is 32.0 Å². The molecule has 1 aliphatic heterocycles. The molecule has 0 aromatic carbocycles. The van der Waals surface area contributed by atoms with Gasteiger partial charge in [0.15, 0.2) is 0 Å². The highest BCUT2D eigenvalue weighted by Crippen LogP contribution is 2.32. The van der Waals surface area contributed by atoms with Crippen molar-refractivity contribution in [1.82, 2.24) is 5.32 Å². The lowest BCUT2D eigenvalue weighted by atomic mass is 10.0. The van der Waals surface area contributed by atoms with E-state index in [1.807, 2.05) is 0 Å². The van der Waals surface area contributed by atoms with E-state index in [2.05, 4.69) is 12.2 Å². The summed E-state index contributed by atoms with van der Waals surface area (Å²) >= 11 is 0. The molecule has 3 heteroatoms. The largest absolute Gasteiger partial charge is 0.374 e. The molecule has 0 radical (unpaired) electrons. The fraction of sp³-hybridized carbons (Fsp3) is 1.00. The van der Waals surface area contributed by atoms with E-state index in [0.29, 0.717) is 6.04 Å². The Hall–Kier alpha value is -0.120. The molecule has 1 aliphatic carbocycles. The zero-order valence-electron chi connectivity index (χ0n) is 9.80. The molecule has 2 rings (SSSR count). The molecule has 0 bridgehead atoms. The maximum absolute atomic E-state index is 6.03. The van der Waals surface area contributed by atoms with Crippen LogP contribution in [0.25, 0.3) is 0 Å². The van der Waals surface area contributed by atoms with E-state index in [1.54, 1.807) is 0 Å². The third-order valence-electron chi connectivity index (χ3n) is 3.68. The molecule has 1 saturated heterocycles. The van der Waals surface area contributed by atoms with Crippen LogP contribution in [0.1, 0.15) is 39.0 Å². The maximum Gasteiger partial charge on any atom is 0.0779 e. The quantitative estimate of drug-likeness (QED) is 0.652. The molecule has 88 valence electrons. The Balaban J connectivity index is 1.54. The number of hydrogen-bond acceptors (Lipinski definition) is 3. The molecule has 2 fully saturated rings. The Morgan fingerprint density at radius 1 is 1.53 bits per heavy atom. The van der Waals surface area contributed by atoms with Gasteiger partial charge in [0.25, 0.3) is 0 Å². The van der Waals surface area contributed by atoms with Crippen molar-refractivity contribution in [2.24, 2.45) is 11.7 Å². The number of rotatable bonds is 6. The minimum Gasteiger partial charge on any atom is -0.374 e. The SMILES string of the molecule is CC1(CNCCC(N)C2CC2)CCCO1. The van der Waals surface area contributed by atoms with Crippen molar-refractivity contribution in [3.8, 4) is 0 Å². The topological polar surface area (TPSA) is 47.3 Å². The molecule has 0 spiro atoms. The lowest BCUT2D eigenvalue weighted by Crippen LogP contribution is -2.39. The van der Waals surface area contributed by atoms with Crippen molar-refractivity contribution < 1.29 is 4.74 Å². The molecular weight excluding hydrogens is 188 g/mol. The van der Waals surface area contributed by atoms with Gasteiger partial charge in [-0.15, -0.1) is 0 Å². The van der Waals surface area contributed by atoms with Crippen LogP contribution in [0.5, 0.6) is 0 Å². The van der Waals surface area contributed by atoms with Crippen LogP contribution >= 0.6 is 0 Å². The Kier molecular flexibility index (Phi) is 3.65. The molecule has 2 aliphatic rings. The Labute approximate surface area is 92.7 Å². The number of nitrogens with two attached hydrogens (primary N) is 1. The normalized spacial score (nSPS) is 33.2. The predicted octanol–water partition coefficient (Wildman–Crippen LogP) is 1.27. The fourth-order valence-electron chi connectivity index (χ4n) is 2.36. The molecule has 2 unspecified atom stereocenters. The number of hydrogen-bond donors (Lipinski definition) is 2. The Bertz CT molecular complexity index is 198. The van der Waals surface area contributed by atoms with Gasteiger partial charge in [0, 0.05) is 19.2 Å². The molecule has 15 heavy (non-hydrogen) atoms. The van der Waals surface area contributed by atoms with Gasteiger partial charge in [-0.1, -0.05) is 0 Å². The highest BCUT2D eigenvalue weighted by Gasteiger charge is 2.30. The van der Waals surface area contributed by atoms with E-state index >= 15 is 0 Å². The van der Waals surface area contributed by atoms with Gasteiger partial charge in [0.1, 0.15) is 0 Å². The van der Waals surface area contributed by atoms with Gasteiger partial charge in [0.05, 0.1) is 5.60 Å². The monoisotopic (exact) mass is 212 g/mol. The van der Waals surface area contributed by atoms with E-state index in [4.69, 9.17) is 10.5 Å². The van der Waals surface area contributed by atoms with Crippen LogP contribution in [0.3, 0.4) is 0 Å². The van der Waals surface area contributed by atoms with Gasteiger partial charge in [-0.25, -0.2) is 0 Å². The smallest absolute Gasteiger partial charge is 0.0779 e. The predicted molar refractivity (Wildman–Crippen MR) is 61.8 cm³/mol. The summed E-state index contributed by atoms with van der Waals surface area (Å²) in [5, 5.41) is 3.48. The summed E-state index contributed by atoms with van der Waals surface area (Å²) in [7, 11) is 0. The first-order valence-electron chi connectivity index (χ1n) is 6.30. The van der Waals surface area contributed by atoms with Crippen molar-refractivity contribution in [3.63, 3.8) is 0 Å². The third kappa shape index (κ3) is 3.44. The van der Waals surface area contributed by atoms with Crippen molar-refractivity contribution in [1.29, 1.82) is 0 Å². The standard InChI is InChI=1S/C12H24N2O/c1-12(6-2-8-15-12)9-14-7-5-11(13)10-3-4-10/h10-11,14H,2-9,13H2,1H3. The summed E-state index contributed by atoms with van der Waals surface area (Å²) in [6.07, 6.45) is 6.21. The third-order valence-corrected chi connectivity index (χ3v) is 3.68. The van der Waals surface area contributed by atoms with Crippen molar-refractivity contribution in [2.75, 3.05) is 19.7 Å². The molecule has 1 heterocycles. The molecule has 0 amide bonds. The molecule has 3 N–H and O–H groups in total. The molecule has 0 aromatic rings. The first-order valence-corrected chi connectivity index (χ1v) is 6.30. The van der Waals surface area contributed by atoms with Crippen LogP contribution in [-0.4, -0.2) is 31.3 Å². The van der Waals surface area contributed by atoms with Crippen LogP contribution in [0, 0.1) is 5.92 Å². The zero-order valence-corrected chi connectivity index (χ0v) is 9.80. The summed E-state index contributed by atoms with van der Waals surface area (Å²) in [5.74, 6) is 0.824. The molecular formula is C12H24N2O. The second-order valence-electron chi connectivity index (χ2n) is 5.37. The number of nitrogens with one attached hydrogen (secondary N) is 1. The van der Waals surface area contributed by atoms with Gasteiger partial charge >= 0.3 is 0 Å². The van der Waals surface area contributed by atoms with E-state index in [1.165, 1.54) is 25.7 Å². The minimum atomic E-state index is 0.0870. The summed E-state index contributed by atoms with van der Waals surface area (Å²) in [5.41, 5.74) is 6.12. The van der Waals surface area contributed by atoms with Crippen LogP contribution in [0.15, 0.2) is 0 Å². The summed E-state index contributed by atoms with van der Waals surface area (Å²) < 4.78 is 5.71. The van der Waals surface area contributed by atoms with E-state index in [-0.39, 0.29) is 5.60 Å². The second kappa shape index (κ2) is 4.81. The first kappa shape index (κ1) is 11.4. The van der Waals surface area contributed by atoms with Crippen LogP contribution in [-0.2, 0) is 4.74 Å². The fourth-order valence-corrected chi connectivity index (χ4v) is 2.36. The highest BCUT2D eigenvalue weighted by molar-refractivity contribution is 4.85.